The van der Waals surface area contributed by atoms with Crippen molar-refractivity contribution in [2.75, 3.05) is 26.7 Å². The van der Waals surface area contributed by atoms with Crippen molar-refractivity contribution < 1.29 is 14.3 Å². The van der Waals surface area contributed by atoms with Crippen LogP contribution in [0.1, 0.15) is 37.7 Å². The first-order chi connectivity index (χ1) is 12.0. The second-order valence-electron chi connectivity index (χ2n) is 7.68. The second-order valence-corrected chi connectivity index (χ2v) is 7.68. The molecule has 1 amide bonds. The summed E-state index contributed by atoms with van der Waals surface area (Å²) in [6.45, 7) is 3.02. The van der Waals surface area contributed by atoms with Crippen LogP contribution in [-0.4, -0.2) is 53.6 Å². The molecule has 1 aromatic carbocycles. The SMILES string of the molecule is CN(CC1CCCC1O)C(=O)C1CCCN(Cc2cccc(F)c2)C1. The van der Waals surface area contributed by atoms with E-state index in [-0.39, 0.29) is 29.7 Å². The van der Waals surface area contributed by atoms with Gasteiger partial charge in [-0.1, -0.05) is 18.6 Å². The molecule has 3 atom stereocenters. The molecule has 0 spiro atoms. The highest BCUT2D eigenvalue weighted by molar-refractivity contribution is 5.79. The Balaban J connectivity index is 1.54. The van der Waals surface area contributed by atoms with E-state index < -0.39 is 0 Å². The maximum absolute atomic E-state index is 13.4. The lowest BCUT2D eigenvalue weighted by molar-refractivity contribution is -0.137. The number of amides is 1. The van der Waals surface area contributed by atoms with E-state index in [1.807, 2.05) is 18.0 Å². The van der Waals surface area contributed by atoms with Crippen LogP contribution in [0.4, 0.5) is 4.39 Å². The average molecular weight is 348 g/mol. The number of hydrogen-bond acceptors (Lipinski definition) is 3. The third-order valence-electron chi connectivity index (χ3n) is 5.65. The standard InChI is InChI=1S/C20H29FN2O2/c1-22(13-16-6-3-9-19(16)24)20(25)17-7-4-10-23(14-17)12-15-5-2-8-18(21)11-15/h2,5,8,11,16-17,19,24H,3-4,6-7,9-10,12-14H2,1H3. The molecule has 1 aliphatic carbocycles. The van der Waals surface area contributed by atoms with Crippen molar-refractivity contribution in [3.8, 4) is 0 Å². The van der Waals surface area contributed by atoms with Gasteiger partial charge in [-0.3, -0.25) is 9.69 Å². The van der Waals surface area contributed by atoms with Gasteiger partial charge in [0.15, 0.2) is 0 Å². The Kier molecular flexibility index (Phi) is 6.07. The van der Waals surface area contributed by atoms with E-state index in [9.17, 15) is 14.3 Å². The van der Waals surface area contributed by atoms with Gasteiger partial charge in [-0.05, 0) is 49.9 Å². The third kappa shape index (κ3) is 4.79. The Morgan fingerprint density at radius 2 is 2.16 bits per heavy atom. The normalized spacial score (nSPS) is 27.4. The summed E-state index contributed by atoms with van der Waals surface area (Å²) in [4.78, 5) is 16.9. The number of aliphatic hydroxyl groups is 1. The molecule has 138 valence electrons. The van der Waals surface area contributed by atoms with Crippen LogP contribution in [0.2, 0.25) is 0 Å². The van der Waals surface area contributed by atoms with Crippen molar-refractivity contribution in [1.82, 2.24) is 9.80 Å². The Bertz CT molecular complexity index is 595. The van der Waals surface area contributed by atoms with Crippen LogP contribution in [0.3, 0.4) is 0 Å². The first kappa shape index (κ1) is 18.3. The molecule has 0 bridgehead atoms. The van der Waals surface area contributed by atoms with Gasteiger partial charge in [-0.15, -0.1) is 0 Å². The summed E-state index contributed by atoms with van der Waals surface area (Å²) >= 11 is 0. The maximum Gasteiger partial charge on any atom is 0.226 e. The molecule has 3 unspecified atom stereocenters. The topological polar surface area (TPSA) is 43.8 Å². The number of carbonyl (C=O) groups is 1. The molecule has 0 radical (unpaired) electrons. The van der Waals surface area contributed by atoms with Crippen LogP contribution in [0.25, 0.3) is 0 Å². The van der Waals surface area contributed by atoms with Crippen LogP contribution >= 0.6 is 0 Å². The summed E-state index contributed by atoms with van der Waals surface area (Å²) in [5, 5.41) is 9.98. The van der Waals surface area contributed by atoms with Gasteiger partial charge in [0, 0.05) is 32.6 Å². The summed E-state index contributed by atoms with van der Waals surface area (Å²) in [7, 11) is 1.86. The van der Waals surface area contributed by atoms with Crippen LogP contribution in [-0.2, 0) is 11.3 Å². The second kappa shape index (κ2) is 8.28. The van der Waals surface area contributed by atoms with Crippen LogP contribution in [0.5, 0.6) is 0 Å². The molecule has 1 aromatic rings. The largest absolute Gasteiger partial charge is 0.393 e. The predicted octanol–water partition coefficient (Wildman–Crippen LogP) is 2.66. The zero-order valence-corrected chi connectivity index (χ0v) is 15.0. The molecule has 5 heteroatoms. The van der Waals surface area contributed by atoms with Crippen molar-refractivity contribution in [3.05, 3.63) is 35.6 Å². The van der Waals surface area contributed by atoms with Crippen molar-refractivity contribution >= 4 is 5.91 Å². The van der Waals surface area contributed by atoms with Crippen LogP contribution in [0.15, 0.2) is 24.3 Å². The highest BCUT2D eigenvalue weighted by atomic mass is 19.1. The van der Waals surface area contributed by atoms with Crippen molar-refractivity contribution in [2.24, 2.45) is 11.8 Å². The van der Waals surface area contributed by atoms with Gasteiger partial charge >= 0.3 is 0 Å². The molecule has 1 saturated carbocycles. The lowest BCUT2D eigenvalue weighted by Gasteiger charge is -2.34. The highest BCUT2D eigenvalue weighted by Crippen LogP contribution is 2.27. The zero-order chi connectivity index (χ0) is 17.8. The fourth-order valence-corrected chi connectivity index (χ4v) is 4.28. The van der Waals surface area contributed by atoms with Gasteiger partial charge in [-0.25, -0.2) is 4.39 Å². The fourth-order valence-electron chi connectivity index (χ4n) is 4.28. The van der Waals surface area contributed by atoms with E-state index in [2.05, 4.69) is 4.90 Å². The third-order valence-corrected chi connectivity index (χ3v) is 5.65. The molecule has 0 aromatic heterocycles. The Morgan fingerprint density at radius 1 is 1.32 bits per heavy atom. The van der Waals surface area contributed by atoms with Gasteiger partial charge in [0.25, 0.3) is 0 Å². The predicted molar refractivity (Wildman–Crippen MR) is 95.4 cm³/mol. The monoisotopic (exact) mass is 348 g/mol. The lowest BCUT2D eigenvalue weighted by Crippen LogP contribution is -2.45. The maximum atomic E-state index is 13.4. The number of benzene rings is 1. The van der Waals surface area contributed by atoms with Crippen molar-refractivity contribution in [1.29, 1.82) is 0 Å². The first-order valence-electron chi connectivity index (χ1n) is 9.43. The van der Waals surface area contributed by atoms with Gasteiger partial charge in [0.1, 0.15) is 5.82 Å². The van der Waals surface area contributed by atoms with E-state index in [1.165, 1.54) is 6.07 Å². The minimum absolute atomic E-state index is 0.00542. The number of rotatable bonds is 5. The van der Waals surface area contributed by atoms with E-state index in [0.29, 0.717) is 13.1 Å². The van der Waals surface area contributed by atoms with Gasteiger partial charge in [-0.2, -0.15) is 0 Å². The Hall–Kier alpha value is -1.46. The molecule has 1 saturated heterocycles. The molecule has 1 heterocycles. The average Bonchev–Trinajstić information content (AvgIpc) is 2.99. The van der Waals surface area contributed by atoms with E-state index >= 15 is 0 Å². The van der Waals surface area contributed by atoms with Gasteiger partial charge in [0.2, 0.25) is 5.91 Å². The quantitative estimate of drug-likeness (QED) is 0.890. The molecular formula is C20H29FN2O2. The number of piperidine rings is 1. The molecule has 1 aliphatic heterocycles. The van der Waals surface area contributed by atoms with Gasteiger partial charge in [0.05, 0.1) is 12.0 Å². The number of halogens is 1. The zero-order valence-electron chi connectivity index (χ0n) is 15.0. The number of carbonyl (C=O) groups excluding carboxylic acids is 1. The summed E-state index contributed by atoms with van der Waals surface area (Å²) < 4.78 is 13.4. The number of hydrogen-bond donors (Lipinski definition) is 1. The molecule has 25 heavy (non-hydrogen) atoms. The van der Waals surface area contributed by atoms with Crippen LogP contribution < -0.4 is 0 Å². The lowest BCUT2D eigenvalue weighted by atomic mass is 9.95. The molecule has 2 fully saturated rings. The summed E-state index contributed by atoms with van der Waals surface area (Å²) in [6.07, 6.45) is 4.57. The first-order valence-corrected chi connectivity index (χ1v) is 9.43. The summed E-state index contributed by atoms with van der Waals surface area (Å²) in [5.41, 5.74) is 0.954. The van der Waals surface area contributed by atoms with Crippen LogP contribution in [0, 0.1) is 17.7 Å². The minimum atomic E-state index is -0.258. The molecule has 3 rings (SSSR count). The number of likely N-dealkylation sites (tertiary alicyclic amines) is 1. The smallest absolute Gasteiger partial charge is 0.226 e. The van der Waals surface area contributed by atoms with E-state index in [4.69, 9.17) is 0 Å². The summed E-state index contributed by atoms with van der Waals surface area (Å²) in [6, 6.07) is 6.69. The highest BCUT2D eigenvalue weighted by Gasteiger charge is 2.31. The van der Waals surface area contributed by atoms with E-state index in [0.717, 1.165) is 50.8 Å². The number of nitrogens with zero attached hydrogens (tertiary/aromatic N) is 2. The van der Waals surface area contributed by atoms with Crippen molar-refractivity contribution in [3.63, 3.8) is 0 Å². The van der Waals surface area contributed by atoms with Crippen molar-refractivity contribution in [2.45, 2.75) is 44.8 Å². The Labute approximate surface area is 149 Å². The molecule has 2 aliphatic rings. The molecule has 1 N–H and O–H groups in total. The Morgan fingerprint density at radius 3 is 2.88 bits per heavy atom. The minimum Gasteiger partial charge on any atom is -0.393 e. The summed E-state index contributed by atoms with van der Waals surface area (Å²) in [5.74, 6) is 0.201. The molecule has 4 nitrogen and oxygen atoms in total. The molecular weight excluding hydrogens is 319 g/mol. The van der Waals surface area contributed by atoms with E-state index in [1.54, 1.807) is 12.1 Å². The fraction of sp³-hybridized carbons (Fsp3) is 0.650. The number of aliphatic hydroxyl groups excluding tert-OH is 1. The van der Waals surface area contributed by atoms with Gasteiger partial charge < -0.3 is 10.0 Å².